The van der Waals surface area contributed by atoms with Gasteiger partial charge in [-0.1, -0.05) is 6.92 Å². The van der Waals surface area contributed by atoms with Crippen molar-refractivity contribution in [2.24, 2.45) is 0 Å². The highest BCUT2D eigenvalue weighted by Gasteiger charge is 2.28. The normalized spacial score (nSPS) is 16.6. The number of fused-ring (bicyclic) bond motifs is 1. The lowest BCUT2D eigenvalue weighted by Gasteiger charge is -2.21. The average Bonchev–Trinajstić information content (AvgIpc) is 2.49. The summed E-state index contributed by atoms with van der Waals surface area (Å²) in [7, 11) is 0. The Hall–Kier alpha value is -2.17. The van der Waals surface area contributed by atoms with E-state index in [1.165, 1.54) is 0 Å². The lowest BCUT2D eigenvalue weighted by Crippen LogP contribution is -2.17. The highest BCUT2D eigenvalue weighted by molar-refractivity contribution is 5.99. The molecule has 2 aromatic rings. The first kappa shape index (κ1) is 16.2. The molecule has 0 saturated heterocycles. The van der Waals surface area contributed by atoms with Gasteiger partial charge in [0.2, 0.25) is 0 Å². The van der Waals surface area contributed by atoms with E-state index in [0.29, 0.717) is 12.8 Å². The van der Waals surface area contributed by atoms with Gasteiger partial charge in [-0.05, 0) is 48.7 Å². The van der Waals surface area contributed by atoms with Crippen LogP contribution in [0.1, 0.15) is 41.6 Å². The predicted molar refractivity (Wildman–Crippen MR) is 74.7 cm³/mol. The predicted octanol–water partition coefficient (Wildman–Crippen LogP) is 5.01. The molecule has 22 heavy (non-hydrogen) atoms. The maximum Gasteiger partial charge on any atom is 0.166 e. The molecule has 1 unspecified atom stereocenters. The van der Waals surface area contributed by atoms with Gasteiger partial charge in [-0.15, -0.1) is 0 Å². The second-order valence-corrected chi connectivity index (χ2v) is 5.12. The first-order valence-electron chi connectivity index (χ1n) is 6.82. The van der Waals surface area contributed by atoms with Crippen LogP contribution in [0.25, 0.3) is 0 Å². The SMILES string of the molecule is CC1CCC(=O)c2c(F)ccc(F)c21.Fc1ccc(F)cc1. The summed E-state index contributed by atoms with van der Waals surface area (Å²) >= 11 is 0. The topological polar surface area (TPSA) is 17.1 Å². The van der Waals surface area contributed by atoms with Crippen molar-refractivity contribution in [3.05, 3.63) is 70.8 Å². The Bertz CT molecular complexity index is 659. The third kappa shape index (κ3) is 3.53. The second-order valence-electron chi connectivity index (χ2n) is 5.12. The minimum Gasteiger partial charge on any atom is -0.294 e. The van der Waals surface area contributed by atoms with Gasteiger partial charge < -0.3 is 0 Å². The lowest BCUT2D eigenvalue weighted by molar-refractivity contribution is 0.0962. The molecule has 0 heterocycles. The standard InChI is InChI=1S/C11H10F2O.C6H4F2/c1-6-2-5-9(14)11-8(13)4-3-7(12)10(6)11;7-5-1-2-6(8)4-3-5/h3-4,6H,2,5H2,1H3;1-4H. The zero-order valence-electron chi connectivity index (χ0n) is 11.9. The molecule has 3 rings (SSSR count). The highest BCUT2D eigenvalue weighted by Crippen LogP contribution is 2.34. The van der Waals surface area contributed by atoms with E-state index in [9.17, 15) is 22.4 Å². The summed E-state index contributed by atoms with van der Waals surface area (Å²) in [4.78, 5) is 11.4. The number of hydrogen-bond acceptors (Lipinski definition) is 1. The van der Waals surface area contributed by atoms with Crippen LogP contribution in [0.3, 0.4) is 0 Å². The van der Waals surface area contributed by atoms with Gasteiger partial charge in [-0.2, -0.15) is 0 Å². The molecule has 0 fully saturated rings. The van der Waals surface area contributed by atoms with E-state index < -0.39 is 23.3 Å². The van der Waals surface area contributed by atoms with Crippen molar-refractivity contribution in [3.63, 3.8) is 0 Å². The second kappa shape index (κ2) is 6.73. The summed E-state index contributed by atoms with van der Waals surface area (Å²) in [5.41, 5.74) is 0.213. The van der Waals surface area contributed by atoms with Crippen LogP contribution in [-0.2, 0) is 0 Å². The number of carbonyl (C=O) groups excluding carboxylic acids is 1. The van der Waals surface area contributed by atoms with Crippen LogP contribution in [0.4, 0.5) is 17.6 Å². The summed E-state index contributed by atoms with van der Waals surface area (Å²) in [6.45, 7) is 1.81. The summed E-state index contributed by atoms with van der Waals surface area (Å²) in [5.74, 6) is -2.24. The molecule has 0 radical (unpaired) electrons. The summed E-state index contributed by atoms with van der Waals surface area (Å²) in [6.07, 6.45) is 0.917. The van der Waals surface area contributed by atoms with E-state index in [4.69, 9.17) is 0 Å². The molecule has 116 valence electrons. The van der Waals surface area contributed by atoms with E-state index >= 15 is 0 Å². The molecule has 1 aliphatic carbocycles. The van der Waals surface area contributed by atoms with Crippen LogP contribution >= 0.6 is 0 Å². The molecule has 1 aliphatic rings. The Morgan fingerprint density at radius 2 is 1.36 bits per heavy atom. The van der Waals surface area contributed by atoms with Crippen molar-refractivity contribution >= 4 is 5.78 Å². The van der Waals surface area contributed by atoms with E-state index in [2.05, 4.69) is 0 Å². The minimum atomic E-state index is -0.599. The van der Waals surface area contributed by atoms with Crippen molar-refractivity contribution < 1.29 is 22.4 Å². The van der Waals surface area contributed by atoms with E-state index in [1.54, 1.807) is 0 Å². The Balaban J connectivity index is 0.000000188. The van der Waals surface area contributed by atoms with Gasteiger partial charge >= 0.3 is 0 Å². The summed E-state index contributed by atoms with van der Waals surface area (Å²) < 4.78 is 50.5. The van der Waals surface area contributed by atoms with E-state index in [0.717, 1.165) is 36.4 Å². The zero-order chi connectivity index (χ0) is 16.3. The maximum atomic E-state index is 13.4. The minimum absolute atomic E-state index is 0.0382. The smallest absolute Gasteiger partial charge is 0.166 e. The number of Topliss-reactive ketones (excluding diaryl/α,β-unsaturated/α-hetero) is 1. The fourth-order valence-electron chi connectivity index (χ4n) is 2.38. The monoisotopic (exact) mass is 310 g/mol. The Morgan fingerprint density at radius 1 is 0.864 bits per heavy atom. The molecule has 1 atom stereocenters. The quantitative estimate of drug-likeness (QED) is 0.625. The van der Waals surface area contributed by atoms with Crippen LogP contribution in [0.5, 0.6) is 0 Å². The number of ketones is 1. The van der Waals surface area contributed by atoms with Crippen LogP contribution < -0.4 is 0 Å². The van der Waals surface area contributed by atoms with Crippen molar-refractivity contribution in [2.45, 2.75) is 25.7 Å². The fraction of sp³-hybridized carbons (Fsp3) is 0.235. The molecule has 0 aliphatic heterocycles. The van der Waals surface area contributed by atoms with Gasteiger partial charge in [-0.25, -0.2) is 17.6 Å². The molecule has 0 amide bonds. The Morgan fingerprint density at radius 3 is 1.86 bits per heavy atom. The zero-order valence-corrected chi connectivity index (χ0v) is 11.9. The highest BCUT2D eigenvalue weighted by atomic mass is 19.1. The average molecular weight is 310 g/mol. The molecule has 0 bridgehead atoms. The van der Waals surface area contributed by atoms with Crippen LogP contribution in [0.15, 0.2) is 36.4 Å². The fourth-order valence-corrected chi connectivity index (χ4v) is 2.38. The Labute approximate surface area is 125 Å². The van der Waals surface area contributed by atoms with Gasteiger partial charge in [-0.3, -0.25) is 4.79 Å². The lowest BCUT2D eigenvalue weighted by atomic mass is 9.82. The molecule has 0 N–H and O–H groups in total. The largest absolute Gasteiger partial charge is 0.294 e. The third-order valence-electron chi connectivity index (χ3n) is 3.52. The number of rotatable bonds is 0. The van der Waals surface area contributed by atoms with Crippen LogP contribution in [0.2, 0.25) is 0 Å². The van der Waals surface area contributed by atoms with Gasteiger partial charge in [0.05, 0.1) is 5.56 Å². The van der Waals surface area contributed by atoms with Gasteiger partial charge in [0.15, 0.2) is 5.78 Å². The van der Waals surface area contributed by atoms with Crippen molar-refractivity contribution in [1.29, 1.82) is 0 Å². The first-order valence-corrected chi connectivity index (χ1v) is 6.82. The van der Waals surface area contributed by atoms with Crippen LogP contribution in [0, 0.1) is 23.3 Å². The molecular weight excluding hydrogens is 296 g/mol. The van der Waals surface area contributed by atoms with Gasteiger partial charge in [0.1, 0.15) is 23.3 Å². The van der Waals surface area contributed by atoms with Gasteiger partial charge in [0.25, 0.3) is 0 Å². The molecule has 0 saturated carbocycles. The summed E-state index contributed by atoms with van der Waals surface area (Å²) in [6, 6.07) is 6.42. The molecule has 5 heteroatoms. The molecule has 2 aromatic carbocycles. The number of halogens is 4. The first-order chi connectivity index (χ1) is 10.4. The molecule has 1 nitrogen and oxygen atoms in total. The molecular formula is C17H14F4O. The Kier molecular flexibility index (Phi) is 4.96. The van der Waals surface area contributed by atoms with E-state index in [-0.39, 0.29) is 22.8 Å². The van der Waals surface area contributed by atoms with Crippen molar-refractivity contribution in [3.8, 4) is 0 Å². The van der Waals surface area contributed by atoms with Crippen molar-refractivity contribution in [2.75, 3.05) is 0 Å². The maximum absolute atomic E-state index is 13.4. The molecule has 0 aromatic heterocycles. The van der Waals surface area contributed by atoms with Crippen LogP contribution in [-0.4, -0.2) is 5.78 Å². The molecule has 0 spiro atoms. The van der Waals surface area contributed by atoms with Crippen molar-refractivity contribution in [1.82, 2.24) is 0 Å². The third-order valence-corrected chi connectivity index (χ3v) is 3.52. The number of benzene rings is 2. The summed E-state index contributed by atoms with van der Waals surface area (Å²) in [5, 5.41) is 0. The number of hydrogen-bond donors (Lipinski definition) is 0. The number of carbonyl (C=O) groups is 1. The van der Waals surface area contributed by atoms with Gasteiger partial charge in [0, 0.05) is 12.0 Å². The van der Waals surface area contributed by atoms with E-state index in [1.807, 2.05) is 6.92 Å².